The van der Waals surface area contributed by atoms with E-state index < -0.39 is 0 Å². The Hall–Kier alpha value is -1.52. The summed E-state index contributed by atoms with van der Waals surface area (Å²) in [5, 5.41) is 3.44. The molecule has 0 bridgehead atoms. The Morgan fingerprint density at radius 1 is 1.14 bits per heavy atom. The molecule has 1 unspecified atom stereocenters. The minimum Gasteiger partial charge on any atom is -0.496 e. The molecule has 2 aromatic carbocycles. The molecular weight excluding hydrogens is 285 g/mol. The fourth-order valence-electron chi connectivity index (χ4n) is 2.19. The molecule has 2 rings (SSSR count). The molecule has 0 amide bonds. The molecule has 21 heavy (non-hydrogen) atoms. The molecule has 0 radical (unpaired) electrons. The van der Waals surface area contributed by atoms with Crippen LogP contribution in [0, 0.1) is 5.82 Å². The highest BCUT2D eigenvalue weighted by Gasteiger charge is 2.16. The third-order valence-corrected chi connectivity index (χ3v) is 4.35. The predicted molar refractivity (Wildman–Crippen MR) is 86.5 cm³/mol. The SMILES string of the molecule is CCNC(CSc1ccccc1F)c1ccccc1OC. The highest BCUT2D eigenvalue weighted by molar-refractivity contribution is 7.99. The van der Waals surface area contributed by atoms with Crippen molar-refractivity contribution in [3.63, 3.8) is 0 Å². The van der Waals surface area contributed by atoms with Gasteiger partial charge in [-0.25, -0.2) is 4.39 Å². The fraction of sp³-hybridized carbons (Fsp3) is 0.294. The largest absolute Gasteiger partial charge is 0.496 e. The maximum atomic E-state index is 13.7. The van der Waals surface area contributed by atoms with Crippen molar-refractivity contribution < 1.29 is 9.13 Å². The van der Waals surface area contributed by atoms with Gasteiger partial charge in [0.1, 0.15) is 11.6 Å². The quantitative estimate of drug-likeness (QED) is 0.772. The average molecular weight is 305 g/mol. The molecular formula is C17H20FNOS. The lowest BCUT2D eigenvalue weighted by molar-refractivity contribution is 0.403. The van der Waals surface area contributed by atoms with Crippen LogP contribution in [0.2, 0.25) is 0 Å². The van der Waals surface area contributed by atoms with E-state index in [0.29, 0.717) is 4.90 Å². The first-order valence-corrected chi connectivity index (χ1v) is 7.98. The van der Waals surface area contributed by atoms with Gasteiger partial charge in [-0.05, 0) is 24.7 Å². The normalized spacial score (nSPS) is 12.1. The molecule has 0 heterocycles. The number of hydrogen-bond donors (Lipinski definition) is 1. The molecule has 0 spiro atoms. The van der Waals surface area contributed by atoms with Crippen molar-refractivity contribution in [1.29, 1.82) is 0 Å². The standard InChI is InChI=1S/C17H20FNOS/c1-3-19-15(13-8-4-6-10-16(13)20-2)12-21-17-11-7-5-9-14(17)18/h4-11,15,19H,3,12H2,1-2H3. The molecule has 1 N–H and O–H groups in total. The minimum absolute atomic E-state index is 0.121. The third-order valence-electron chi connectivity index (χ3n) is 3.21. The smallest absolute Gasteiger partial charge is 0.136 e. The fourth-order valence-corrected chi connectivity index (χ4v) is 3.22. The maximum absolute atomic E-state index is 13.7. The van der Waals surface area contributed by atoms with Crippen LogP contribution in [-0.4, -0.2) is 19.4 Å². The minimum atomic E-state index is -0.169. The van der Waals surface area contributed by atoms with E-state index in [9.17, 15) is 4.39 Å². The Bertz CT molecular complexity index is 576. The second-order valence-electron chi connectivity index (χ2n) is 4.59. The Morgan fingerprint density at radius 3 is 2.57 bits per heavy atom. The molecule has 0 aliphatic carbocycles. The van der Waals surface area contributed by atoms with Crippen LogP contribution in [0.25, 0.3) is 0 Å². The molecule has 0 fully saturated rings. The Kier molecular flexibility index (Phi) is 6.08. The zero-order valence-electron chi connectivity index (χ0n) is 12.3. The second kappa shape index (κ2) is 8.05. The van der Waals surface area contributed by atoms with Crippen LogP contribution in [0.3, 0.4) is 0 Å². The number of benzene rings is 2. The van der Waals surface area contributed by atoms with Crippen LogP contribution >= 0.6 is 11.8 Å². The molecule has 0 aliphatic rings. The average Bonchev–Trinajstić information content (AvgIpc) is 2.53. The first-order chi connectivity index (χ1) is 10.3. The first kappa shape index (κ1) is 15.9. The monoisotopic (exact) mass is 305 g/mol. The van der Waals surface area contributed by atoms with E-state index in [1.165, 1.54) is 17.8 Å². The molecule has 0 saturated carbocycles. The first-order valence-electron chi connectivity index (χ1n) is 7.00. The summed E-state index contributed by atoms with van der Waals surface area (Å²) in [5.41, 5.74) is 1.10. The highest BCUT2D eigenvalue weighted by atomic mass is 32.2. The second-order valence-corrected chi connectivity index (χ2v) is 5.66. The van der Waals surface area contributed by atoms with Crippen LogP contribution in [-0.2, 0) is 0 Å². The number of ether oxygens (including phenoxy) is 1. The molecule has 2 aromatic rings. The van der Waals surface area contributed by atoms with Crippen molar-refractivity contribution in [3.05, 3.63) is 59.9 Å². The molecule has 2 nitrogen and oxygen atoms in total. The number of methoxy groups -OCH3 is 1. The number of rotatable bonds is 7. The summed E-state index contributed by atoms with van der Waals surface area (Å²) in [4.78, 5) is 0.676. The van der Waals surface area contributed by atoms with Gasteiger partial charge in [0.25, 0.3) is 0 Å². The van der Waals surface area contributed by atoms with Gasteiger partial charge in [0.2, 0.25) is 0 Å². The van der Waals surface area contributed by atoms with E-state index in [1.807, 2.05) is 36.4 Å². The number of para-hydroxylation sites is 1. The van der Waals surface area contributed by atoms with E-state index in [-0.39, 0.29) is 11.9 Å². The van der Waals surface area contributed by atoms with Gasteiger partial charge < -0.3 is 10.1 Å². The van der Waals surface area contributed by atoms with Gasteiger partial charge in [0.15, 0.2) is 0 Å². The Morgan fingerprint density at radius 2 is 1.86 bits per heavy atom. The summed E-state index contributed by atoms with van der Waals surface area (Å²) in [6.45, 7) is 2.91. The molecule has 1 atom stereocenters. The number of hydrogen-bond acceptors (Lipinski definition) is 3. The van der Waals surface area contributed by atoms with Crippen LogP contribution in [0.1, 0.15) is 18.5 Å². The van der Waals surface area contributed by atoms with Crippen molar-refractivity contribution in [3.8, 4) is 5.75 Å². The van der Waals surface area contributed by atoms with Crippen LogP contribution in [0.4, 0.5) is 4.39 Å². The summed E-state index contributed by atoms with van der Waals surface area (Å²) in [7, 11) is 1.67. The Labute approximate surface area is 129 Å². The predicted octanol–water partition coefficient (Wildman–Crippen LogP) is 4.28. The van der Waals surface area contributed by atoms with Crippen molar-refractivity contribution in [1.82, 2.24) is 5.32 Å². The summed E-state index contributed by atoms with van der Waals surface area (Å²) in [6, 6.07) is 14.9. The van der Waals surface area contributed by atoms with Crippen LogP contribution in [0.5, 0.6) is 5.75 Å². The van der Waals surface area contributed by atoms with E-state index in [0.717, 1.165) is 23.6 Å². The summed E-state index contributed by atoms with van der Waals surface area (Å²) >= 11 is 1.52. The summed E-state index contributed by atoms with van der Waals surface area (Å²) < 4.78 is 19.1. The van der Waals surface area contributed by atoms with Gasteiger partial charge in [-0.1, -0.05) is 37.3 Å². The van der Waals surface area contributed by atoms with Gasteiger partial charge in [-0.2, -0.15) is 0 Å². The van der Waals surface area contributed by atoms with E-state index in [2.05, 4.69) is 12.2 Å². The number of thioether (sulfide) groups is 1. The van der Waals surface area contributed by atoms with Crippen LogP contribution in [0.15, 0.2) is 53.4 Å². The van der Waals surface area contributed by atoms with Gasteiger partial charge in [0.05, 0.1) is 7.11 Å². The van der Waals surface area contributed by atoms with Gasteiger partial charge >= 0.3 is 0 Å². The number of halogens is 1. The zero-order chi connectivity index (χ0) is 15.1. The lowest BCUT2D eigenvalue weighted by atomic mass is 10.1. The third kappa shape index (κ3) is 4.22. The van der Waals surface area contributed by atoms with E-state index in [4.69, 9.17) is 4.74 Å². The lowest BCUT2D eigenvalue weighted by Crippen LogP contribution is -2.23. The van der Waals surface area contributed by atoms with Crippen molar-refractivity contribution in [2.45, 2.75) is 17.9 Å². The molecule has 0 aromatic heterocycles. The molecule has 0 saturated heterocycles. The molecule has 112 valence electrons. The van der Waals surface area contributed by atoms with E-state index >= 15 is 0 Å². The number of nitrogens with one attached hydrogen (secondary N) is 1. The van der Waals surface area contributed by atoms with Crippen LogP contribution < -0.4 is 10.1 Å². The van der Waals surface area contributed by atoms with Gasteiger partial charge in [-0.3, -0.25) is 0 Å². The zero-order valence-corrected chi connectivity index (χ0v) is 13.1. The summed E-state index contributed by atoms with van der Waals surface area (Å²) in [6.07, 6.45) is 0. The van der Waals surface area contributed by atoms with E-state index in [1.54, 1.807) is 13.2 Å². The Balaban J connectivity index is 2.14. The van der Waals surface area contributed by atoms with Gasteiger partial charge in [-0.15, -0.1) is 11.8 Å². The topological polar surface area (TPSA) is 21.3 Å². The molecule has 4 heteroatoms. The van der Waals surface area contributed by atoms with Crippen molar-refractivity contribution in [2.75, 3.05) is 19.4 Å². The van der Waals surface area contributed by atoms with Crippen molar-refractivity contribution in [2.24, 2.45) is 0 Å². The summed E-state index contributed by atoms with van der Waals surface area (Å²) in [5.74, 6) is 1.44. The highest BCUT2D eigenvalue weighted by Crippen LogP contribution is 2.30. The van der Waals surface area contributed by atoms with Crippen molar-refractivity contribution >= 4 is 11.8 Å². The lowest BCUT2D eigenvalue weighted by Gasteiger charge is -2.20. The maximum Gasteiger partial charge on any atom is 0.136 e. The van der Waals surface area contributed by atoms with Gasteiger partial charge in [0, 0.05) is 22.3 Å². The molecule has 0 aliphatic heterocycles.